The van der Waals surface area contributed by atoms with Gasteiger partial charge in [0.25, 0.3) is 0 Å². The molecule has 3 rings (SSSR count). The molecule has 116 valence electrons. The van der Waals surface area contributed by atoms with Gasteiger partial charge >= 0.3 is 0 Å². The first-order valence-corrected chi connectivity index (χ1v) is 7.91. The van der Waals surface area contributed by atoms with Gasteiger partial charge in [0.1, 0.15) is 0 Å². The molecular formula is C19H24N2O. The second kappa shape index (κ2) is 6.41. The van der Waals surface area contributed by atoms with Gasteiger partial charge in [-0.2, -0.15) is 0 Å². The van der Waals surface area contributed by atoms with E-state index in [0.717, 1.165) is 44.1 Å². The van der Waals surface area contributed by atoms with Crippen molar-refractivity contribution in [1.29, 1.82) is 0 Å². The average Bonchev–Trinajstić information content (AvgIpc) is 2.52. The van der Waals surface area contributed by atoms with Crippen LogP contribution in [-0.2, 0) is 11.2 Å². The molecule has 1 aliphatic heterocycles. The van der Waals surface area contributed by atoms with Gasteiger partial charge in [0, 0.05) is 13.1 Å². The lowest BCUT2D eigenvalue weighted by molar-refractivity contribution is 0.123. The molecule has 0 bridgehead atoms. The van der Waals surface area contributed by atoms with Crippen LogP contribution in [0.1, 0.15) is 22.3 Å². The minimum Gasteiger partial charge on any atom is -0.397 e. The summed E-state index contributed by atoms with van der Waals surface area (Å²) in [6, 6.07) is 13.1. The number of ether oxygens (including phenoxy) is 1. The first kappa shape index (κ1) is 14.9. The minimum atomic E-state index is 0.781. The van der Waals surface area contributed by atoms with Gasteiger partial charge in [0.15, 0.2) is 0 Å². The first-order chi connectivity index (χ1) is 10.6. The Hall–Kier alpha value is -2.00. The molecule has 1 aliphatic rings. The SMILES string of the molecule is Cc1ccc(C)c(Cc2ccc(N3CCOCC3)c(N)c2)c1. The Kier molecular flexibility index (Phi) is 4.34. The number of morpholine rings is 1. The van der Waals surface area contributed by atoms with Crippen molar-refractivity contribution in [3.63, 3.8) is 0 Å². The Morgan fingerprint density at radius 3 is 2.55 bits per heavy atom. The van der Waals surface area contributed by atoms with E-state index in [2.05, 4.69) is 55.1 Å². The summed E-state index contributed by atoms with van der Waals surface area (Å²) in [4.78, 5) is 2.31. The fraction of sp³-hybridized carbons (Fsp3) is 0.368. The van der Waals surface area contributed by atoms with Crippen LogP contribution in [0.5, 0.6) is 0 Å². The molecule has 0 saturated carbocycles. The molecule has 2 aromatic carbocycles. The topological polar surface area (TPSA) is 38.5 Å². The molecule has 2 aromatic rings. The maximum absolute atomic E-state index is 6.29. The monoisotopic (exact) mass is 296 g/mol. The molecule has 0 amide bonds. The van der Waals surface area contributed by atoms with Crippen molar-refractivity contribution in [2.24, 2.45) is 0 Å². The zero-order valence-corrected chi connectivity index (χ0v) is 13.4. The smallest absolute Gasteiger partial charge is 0.0642 e. The van der Waals surface area contributed by atoms with Crippen LogP contribution in [0.2, 0.25) is 0 Å². The summed E-state index contributed by atoms with van der Waals surface area (Å²) in [5, 5.41) is 0. The number of aryl methyl sites for hydroxylation is 2. The fourth-order valence-corrected chi connectivity index (χ4v) is 3.02. The number of hydrogen-bond donors (Lipinski definition) is 1. The van der Waals surface area contributed by atoms with Crippen molar-refractivity contribution in [1.82, 2.24) is 0 Å². The molecule has 0 aliphatic carbocycles. The molecule has 0 radical (unpaired) electrons. The van der Waals surface area contributed by atoms with Crippen molar-refractivity contribution < 1.29 is 4.74 Å². The molecule has 2 N–H and O–H groups in total. The van der Waals surface area contributed by atoms with Crippen LogP contribution in [0, 0.1) is 13.8 Å². The first-order valence-electron chi connectivity index (χ1n) is 7.91. The van der Waals surface area contributed by atoms with Crippen LogP contribution in [0.3, 0.4) is 0 Å². The van der Waals surface area contributed by atoms with Gasteiger partial charge in [0.2, 0.25) is 0 Å². The van der Waals surface area contributed by atoms with Crippen LogP contribution in [0.4, 0.5) is 11.4 Å². The predicted octanol–water partition coefficient (Wildman–Crippen LogP) is 3.31. The molecular weight excluding hydrogens is 272 g/mol. The van der Waals surface area contributed by atoms with E-state index in [1.54, 1.807) is 0 Å². The highest BCUT2D eigenvalue weighted by molar-refractivity contribution is 5.69. The molecule has 3 nitrogen and oxygen atoms in total. The lowest BCUT2D eigenvalue weighted by Crippen LogP contribution is -2.36. The van der Waals surface area contributed by atoms with E-state index in [1.165, 1.54) is 22.3 Å². The van der Waals surface area contributed by atoms with Crippen molar-refractivity contribution >= 4 is 11.4 Å². The van der Waals surface area contributed by atoms with E-state index in [-0.39, 0.29) is 0 Å². The number of anilines is 2. The number of nitrogen functional groups attached to an aromatic ring is 1. The lowest BCUT2D eigenvalue weighted by Gasteiger charge is -2.30. The van der Waals surface area contributed by atoms with Gasteiger partial charge in [-0.1, -0.05) is 29.8 Å². The average molecular weight is 296 g/mol. The molecule has 22 heavy (non-hydrogen) atoms. The van der Waals surface area contributed by atoms with Gasteiger partial charge in [0.05, 0.1) is 24.6 Å². The Bertz CT molecular complexity index is 660. The Labute approximate surface area is 132 Å². The second-order valence-corrected chi connectivity index (χ2v) is 6.10. The fourth-order valence-electron chi connectivity index (χ4n) is 3.02. The molecule has 3 heteroatoms. The summed E-state index contributed by atoms with van der Waals surface area (Å²) in [7, 11) is 0. The zero-order valence-electron chi connectivity index (χ0n) is 13.4. The maximum Gasteiger partial charge on any atom is 0.0642 e. The van der Waals surface area contributed by atoms with E-state index in [9.17, 15) is 0 Å². The summed E-state index contributed by atoms with van der Waals surface area (Å²) in [6.07, 6.45) is 0.932. The summed E-state index contributed by atoms with van der Waals surface area (Å²) < 4.78 is 5.41. The Balaban J connectivity index is 1.81. The summed E-state index contributed by atoms with van der Waals surface area (Å²) >= 11 is 0. The summed E-state index contributed by atoms with van der Waals surface area (Å²) in [6.45, 7) is 7.70. The van der Waals surface area contributed by atoms with Crippen molar-refractivity contribution in [3.8, 4) is 0 Å². The number of rotatable bonds is 3. The number of nitrogens with two attached hydrogens (primary N) is 1. The largest absolute Gasteiger partial charge is 0.397 e. The van der Waals surface area contributed by atoms with Crippen LogP contribution in [0.25, 0.3) is 0 Å². The third-order valence-electron chi connectivity index (χ3n) is 4.34. The Morgan fingerprint density at radius 2 is 1.82 bits per heavy atom. The van der Waals surface area contributed by atoms with Crippen molar-refractivity contribution in [2.75, 3.05) is 36.9 Å². The van der Waals surface area contributed by atoms with Gasteiger partial charge in [-0.3, -0.25) is 0 Å². The molecule has 0 spiro atoms. The highest BCUT2D eigenvalue weighted by Crippen LogP contribution is 2.26. The van der Waals surface area contributed by atoms with Gasteiger partial charge < -0.3 is 15.4 Å². The normalized spacial score (nSPS) is 15.1. The van der Waals surface area contributed by atoms with Gasteiger partial charge in [-0.25, -0.2) is 0 Å². The second-order valence-electron chi connectivity index (χ2n) is 6.10. The lowest BCUT2D eigenvalue weighted by atomic mass is 9.98. The molecule has 1 saturated heterocycles. The van der Waals surface area contributed by atoms with Gasteiger partial charge in [-0.05, 0) is 49.1 Å². The van der Waals surface area contributed by atoms with E-state index < -0.39 is 0 Å². The van der Waals surface area contributed by atoms with E-state index in [0.29, 0.717) is 0 Å². The summed E-state index contributed by atoms with van der Waals surface area (Å²) in [5.74, 6) is 0. The third kappa shape index (κ3) is 3.25. The van der Waals surface area contributed by atoms with Crippen molar-refractivity contribution in [3.05, 3.63) is 58.7 Å². The van der Waals surface area contributed by atoms with E-state index in [1.807, 2.05) is 0 Å². The van der Waals surface area contributed by atoms with Gasteiger partial charge in [-0.15, -0.1) is 0 Å². The highest BCUT2D eigenvalue weighted by atomic mass is 16.5. The molecule has 1 fully saturated rings. The van der Waals surface area contributed by atoms with Crippen molar-refractivity contribution in [2.45, 2.75) is 20.3 Å². The predicted molar refractivity (Wildman–Crippen MR) is 92.6 cm³/mol. The standard InChI is InChI=1S/C19H24N2O/c1-14-3-4-15(2)17(11-14)12-16-5-6-19(18(20)13-16)21-7-9-22-10-8-21/h3-6,11,13H,7-10,12,20H2,1-2H3. The highest BCUT2D eigenvalue weighted by Gasteiger charge is 2.14. The number of benzene rings is 2. The Morgan fingerprint density at radius 1 is 1.05 bits per heavy atom. The zero-order chi connectivity index (χ0) is 15.5. The number of hydrogen-bond acceptors (Lipinski definition) is 3. The molecule has 0 atom stereocenters. The summed E-state index contributed by atoms with van der Waals surface area (Å²) in [5.41, 5.74) is 13.6. The maximum atomic E-state index is 6.29. The minimum absolute atomic E-state index is 0.781. The van der Waals surface area contributed by atoms with Crippen LogP contribution in [0.15, 0.2) is 36.4 Å². The van der Waals surface area contributed by atoms with Crippen LogP contribution < -0.4 is 10.6 Å². The number of nitrogens with zero attached hydrogens (tertiary/aromatic N) is 1. The van der Waals surface area contributed by atoms with Crippen LogP contribution in [-0.4, -0.2) is 26.3 Å². The van der Waals surface area contributed by atoms with E-state index >= 15 is 0 Å². The molecule has 1 heterocycles. The molecule has 0 aromatic heterocycles. The van der Waals surface area contributed by atoms with E-state index in [4.69, 9.17) is 10.5 Å². The quantitative estimate of drug-likeness (QED) is 0.883. The third-order valence-corrected chi connectivity index (χ3v) is 4.34. The molecule has 0 unspecified atom stereocenters. The van der Waals surface area contributed by atoms with Crippen LogP contribution >= 0.6 is 0 Å².